The van der Waals surface area contributed by atoms with Crippen LogP contribution >= 0.6 is 0 Å². The van der Waals surface area contributed by atoms with E-state index in [2.05, 4.69) is 13.0 Å². The summed E-state index contributed by atoms with van der Waals surface area (Å²) in [5, 5.41) is 0. The molecule has 0 spiro atoms. The summed E-state index contributed by atoms with van der Waals surface area (Å²) >= 11 is 0. The molecule has 0 bridgehead atoms. The molecule has 0 unspecified atom stereocenters. The van der Waals surface area contributed by atoms with Gasteiger partial charge in [0.25, 0.3) is 0 Å². The van der Waals surface area contributed by atoms with E-state index in [1.54, 1.807) is 0 Å². The molecule has 14 heavy (non-hydrogen) atoms. The van der Waals surface area contributed by atoms with Gasteiger partial charge in [0.2, 0.25) is 0 Å². The van der Waals surface area contributed by atoms with Gasteiger partial charge in [-0.15, -0.1) is 0 Å². The molecule has 0 aliphatic carbocycles. The fourth-order valence-electron chi connectivity index (χ4n) is 1.63. The molecular weight excluding hydrogens is 176 g/mol. The lowest BCUT2D eigenvalue weighted by Gasteiger charge is -2.17. The maximum atomic E-state index is 5.56. The van der Waals surface area contributed by atoms with E-state index < -0.39 is 0 Å². The van der Waals surface area contributed by atoms with Gasteiger partial charge < -0.3 is 9.47 Å². The van der Waals surface area contributed by atoms with Crippen molar-refractivity contribution in [3.63, 3.8) is 0 Å². The van der Waals surface area contributed by atoms with Crippen LogP contribution in [0.15, 0.2) is 18.2 Å². The molecule has 1 aliphatic rings. The third-order valence-electron chi connectivity index (χ3n) is 2.36. The molecule has 1 aromatic rings. The lowest BCUT2D eigenvalue weighted by Crippen LogP contribution is -2.08. The molecule has 1 heterocycles. The van der Waals surface area contributed by atoms with Crippen LogP contribution in [0, 0.1) is 0 Å². The maximum absolute atomic E-state index is 5.56. The second-order valence-electron chi connectivity index (χ2n) is 3.57. The fraction of sp³-hybridized carbons (Fsp3) is 0.500. The smallest absolute Gasteiger partial charge is 0.126 e. The fourth-order valence-corrected chi connectivity index (χ4v) is 1.63. The van der Waals surface area contributed by atoms with Gasteiger partial charge in [0, 0.05) is 6.07 Å². The first-order valence-electron chi connectivity index (χ1n) is 5.28. The lowest BCUT2D eigenvalue weighted by atomic mass is 10.1. The average molecular weight is 192 g/mol. The second-order valence-corrected chi connectivity index (χ2v) is 3.57. The highest BCUT2D eigenvalue weighted by Gasteiger charge is 2.10. The Morgan fingerprint density at radius 1 is 1.43 bits per heavy atom. The van der Waals surface area contributed by atoms with Gasteiger partial charge in [-0.05, 0) is 30.9 Å². The van der Waals surface area contributed by atoms with Crippen LogP contribution in [0.1, 0.15) is 25.3 Å². The van der Waals surface area contributed by atoms with Crippen LogP contribution in [0.3, 0.4) is 0 Å². The summed E-state index contributed by atoms with van der Waals surface area (Å²) in [5.41, 5.74) is 1.31. The van der Waals surface area contributed by atoms with Crippen LogP contribution in [-0.4, -0.2) is 13.2 Å². The van der Waals surface area contributed by atoms with Crippen molar-refractivity contribution < 1.29 is 9.47 Å². The van der Waals surface area contributed by atoms with Crippen LogP contribution in [0.5, 0.6) is 11.5 Å². The zero-order valence-corrected chi connectivity index (χ0v) is 8.58. The summed E-state index contributed by atoms with van der Waals surface area (Å²) in [6.45, 7) is 3.72. The Balaban J connectivity index is 2.12. The van der Waals surface area contributed by atoms with Gasteiger partial charge in [-0.2, -0.15) is 0 Å². The predicted octanol–water partition coefficient (Wildman–Crippen LogP) is 2.80. The van der Waals surface area contributed by atoms with Crippen LogP contribution < -0.4 is 9.47 Å². The van der Waals surface area contributed by atoms with Crippen molar-refractivity contribution in [1.29, 1.82) is 0 Å². The molecule has 1 aliphatic heterocycles. The highest BCUT2D eigenvalue weighted by atomic mass is 16.5. The van der Waals surface area contributed by atoms with E-state index in [-0.39, 0.29) is 0 Å². The van der Waals surface area contributed by atoms with Gasteiger partial charge in [0.15, 0.2) is 0 Å². The van der Waals surface area contributed by atoms with Crippen molar-refractivity contribution in [2.24, 2.45) is 0 Å². The lowest BCUT2D eigenvalue weighted by molar-refractivity contribution is 0.281. The van der Waals surface area contributed by atoms with E-state index in [0.717, 1.165) is 44.0 Å². The number of fused-ring (bicyclic) bond motifs is 1. The van der Waals surface area contributed by atoms with Crippen molar-refractivity contribution in [3.05, 3.63) is 23.8 Å². The second kappa shape index (κ2) is 4.36. The van der Waals surface area contributed by atoms with Crippen molar-refractivity contribution >= 4 is 0 Å². The van der Waals surface area contributed by atoms with Crippen LogP contribution in [0.4, 0.5) is 0 Å². The van der Waals surface area contributed by atoms with E-state index in [9.17, 15) is 0 Å². The predicted molar refractivity (Wildman–Crippen MR) is 56.0 cm³/mol. The van der Waals surface area contributed by atoms with Gasteiger partial charge in [-0.25, -0.2) is 0 Å². The molecule has 2 rings (SSSR count). The molecule has 0 radical (unpaired) electrons. The summed E-state index contributed by atoms with van der Waals surface area (Å²) in [6, 6.07) is 6.15. The third-order valence-corrected chi connectivity index (χ3v) is 2.36. The summed E-state index contributed by atoms with van der Waals surface area (Å²) in [5.74, 6) is 1.93. The first-order chi connectivity index (χ1) is 6.90. The number of rotatable bonds is 3. The minimum Gasteiger partial charge on any atom is -0.493 e. The zero-order valence-electron chi connectivity index (χ0n) is 8.58. The molecule has 0 amide bonds. The molecule has 0 saturated carbocycles. The van der Waals surface area contributed by atoms with Gasteiger partial charge >= 0.3 is 0 Å². The van der Waals surface area contributed by atoms with Crippen LogP contribution in [0.25, 0.3) is 0 Å². The molecule has 0 saturated heterocycles. The van der Waals surface area contributed by atoms with E-state index in [0.29, 0.717) is 0 Å². The van der Waals surface area contributed by atoms with Crippen LogP contribution in [-0.2, 0) is 6.42 Å². The number of hydrogen-bond acceptors (Lipinski definition) is 2. The maximum Gasteiger partial charge on any atom is 0.126 e. The van der Waals surface area contributed by atoms with Gasteiger partial charge in [0.05, 0.1) is 13.2 Å². The van der Waals surface area contributed by atoms with E-state index in [1.165, 1.54) is 5.56 Å². The van der Waals surface area contributed by atoms with E-state index in [1.807, 2.05) is 12.1 Å². The Labute approximate surface area is 84.8 Å². The Hall–Kier alpha value is -1.18. The van der Waals surface area contributed by atoms with Crippen molar-refractivity contribution in [1.82, 2.24) is 0 Å². The van der Waals surface area contributed by atoms with E-state index in [4.69, 9.17) is 9.47 Å². The summed E-state index contributed by atoms with van der Waals surface area (Å²) in [6.07, 6.45) is 3.30. The Kier molecular flexibility index (Phi) is 2.92. The van der Waals surface area contributed by atoms with Crippen molar-refractivity contribution in [3.8, 4) is 11.5 Å². The summed E-state index contributed by atoms with van der Waals surface area (Å²) in [4.78, 5) is 0. The molecule has 76 valence electrons. The highest BCUT2D eigenvalue weighted by Crippen LogP contribution is 2.28. The molecule has 0 aromatic heterocycles. The largest absolute Gasteiger partial charge is 0.493 e. The van der Waals surface area contributed by atoms with Gasteiger partial charge in [-0.1, -0.05) is 13.0 Å². The van der Waals surface area contributed by atoms with Crippen LogP contribution in [0.2, 0.25) is 0 Å². The van der Waals surface area contributed by atoms with Crippen molar-refractivity contribution in [2.75, 3.05) is 13.2 Å². The highest BCUT2D eigenvalue weighted by molar-refractivity contribution is 5.41. The molecule has 0 N–H and O–H groups in total. The van der Waals surface area contributed by atoms with Gasteiger partial charge in [-0.3, -0.25) is 0 Å². The minimum absolute atomic E-state index is 0.777. The van der Waals surface area contributed by atoms with Crippen molar-refractivity contribution in [2.45, 2.75) is 26.2 Å². The normalized spacial score (nSPS) is 14.4. The number of ether oxygens (including phenoxy) is 2. The monoisotopic (exact) mass is 192 g/mol. The molecule has 2 heteroatoms. The van der Waals surface area contributed by atoms with Gasteiger partial charge in [0.1, 0.15) is 11.5 Å². The molecule has 2 nitrogen and oxygen atoms in total. The Morgan fingerprint density at radius 2 is 2.36 bits per heavy atom. The topological polar surface area (TPSA) is 18.5 Å². The Bertz CT molecular complexity index is 307. The summed E-state index contributed by atoms with van der Waals surface area (Å²) in [7, 11) is 0. The molecule has 0 fully saturated rings. The first-order valence-corrected chi connectivity index (χ1v) is 5.28. The SMILES string of the molecule is CCCOc1ccc2c(c1)OCCC2. The molecule has 1 aromatic carbocycles. The zero-order chi connectivity index (χ0) is 9.80. The molecule has 0 atom stereocenters. The van der Waals surface area contributed by atoms with E-state index >= 15 is 0 Å². The Morgan fingerprint density at radius 3 is 3.21 bits per heavy atom. The molecular formula is C12H16O2. The number of aryl methyl sites for hydroxylation is 1. The third kappa shape index (κ3) is 2.00. The summed E-state index contributed by atoms with van der Waals surface area (Å²) < 4.78 is 11.1. The quantitative estimate of drug-likeness (QED) is 0.733. The minimum atomic E-state index is 0.777. The number of benzene rings is 1. The average Bonchev–Trinajstić information content (AvgIpc) is 2.26. The first kappa shape index (κ1) is 9.38. The number of hydrogen-bond donors (Lipinski definition) is 0. The standard InChI is InChI=1S/C12H16O2/c1-2-7-13-11-6-5-10-4-3-8-14-12(10)9-11/h5-6,9H,2-4,7-8H2,1H3.